The molecule has 0 radical (unpaired) electrons. The number of benzene rings is 1. The highest BCUT2D eigenvalue weighted by molar-refractivity contribution is 5.60. The Morgan fingerprint density at radius 1 is 1.14 bits per heavy atom. The maximum Gasteiger partial charge on any atom is 0.229 e. The predicted molar refractivity (Wildman–Crippen MR) is 115 cm³/mol. The van der Waals surface area contributed by atoms with Gasteiger partial charge in [0.1, 0.15) is 5.82 Å². The molecule has 29 heavy (non-hydrogen) atoms. The Labute approximate surface area is 172 Å². The molecule has 0 amide bonds. The van der Waals surface area contributed by atoms with Crippen LogP contribution < -0.4 is 20.1 Å². The largest absolute Gasteiger partial charge is 0.493 e. The first-order chi connectivity index (χ1) is 14.1. The fourth-order valence-electron chi connectivity index (χ4n) is 3.70. The van der Waals surface area contributed by atoms with Gasteiger partial charge >= 0.3 is 0 Å². The van der Waals surface area contributed by atoms with E-state index in [1.165, 1.54) is 25.8 Å². The highest BCUT2D eigenvalue weighted by Gasteiger charge is 2.33. The molecule has 154 valence electrons. The normalized spacial score (nSPS) is 19.5. The summed E-state index contributed by atoms with van der Waals surface area (Å²) in [4.78, 5) is 11.5. The summed E-state index contributed by atoms with van der Waals surface area (Å²) in [5.74, 6) is 3.21. The van der Waals surface area contributed by atoms with E-state index >= 15 is 0 Å². The topological polar surface area (TPSA) is 71.5 Å². The summed E-state index contributed by atoms with van der Waals surface area (Å²) in [7, 11) is 3.48. The minimum atomic E-state index is 0.534. The van der Waals surface area contributed by atoms with Gasteiger partial charge in [0.25, 0.3) is 0 Å². The van der Waals surface area contributed by atoms with E-state index < -0.39 is 0 Å². The van der Waals surface area contributed by atoms with Gasteiger partial charge in [0.2, 0.25) is 5.95 Å². The first kappa shape index (κ1) is 19.5. The predicted octanol–water partition coefficient (Wildman–Crippen LogP) is 3.96. The Hall–Kier alpha value is -2.80. The standard InChI is InChI=1S/C22H29N5O2/c1-15-12-21(23-2)26-22(24-15)25-17-4-7-19(28-3)20(13-17)29-11-9-16-8-10-27(14-16)18-5-6-18/h4,7,9,11-13,16,18H,5-6,8,10,14H2,1-3H3,(H2,23,24,25,26)/b11-9+. The van der Waals surface area contributed by atoms with Crippen molar-refractivity contribution in [3.05, 3.63) is 42.3 Å². The third-order valence-electron chi connectivity index (χ3n) is 5.40. The molecule has 0 spiro atoms. The zero-order chi connectivity index (χ0) is 20.2. The maximum atomic E-state index is 5.93. The van der Waals surface area contributed by atoms with Crippen molar-refractivity contribution in [1.82, 2.24) is 14.9 Å². The Kier molecular flexibility index (Phi) is 5.85. The van der Waals surface area contributed by atoms with Crippen molar-refractivity contribution >= 4 is 17.5 Å². The van der Waals surface area contributed by atoms with Crippen molar-refractivity contribution < 1.29 is 9.47 Å². The van der Waals surface area contributed by atoms with Crippen molar-refractivity contribution in [3.8, 4) is 11.5 Å². The molecule has 2 N–H and O–H groups in total. The molecular weight excluding hydrogens is 366 g/mol. The van der Waals surface area contributed by atoms with Crippen molar-refractivity contribution in [1.29, 1.82) is 0 Å². The third-order valence-corrected chi connectivity index (χ3v) is 5.40. The van der Waals surface area contributed by atoms with E-state index in [4.69, 9.17) is 9.47 Å². The lowest BCUT2D eigenvalue weighted by Gasteiger charge is -2.13. The molecule has 1 saturated carbocycles. The number of aromatic nitrogens is 2. The van der Waals surface area contributed by atoms with Crippen LogP contribution >= 0.6 is 0 Å². The fourth-order valence-corrected chi connectivity index (χ4v) is 3.70. The van der Waals surface area contributed by atoms with Crippen LogP contribution in [-0.2, 0) is 0 Å². The summed E-state index contributed by atoms with van der Waals surface area (Å²) in [5, 5.41) is 6.28. The van der Waals surface area contributed by atoms with Crippen LogP contribution in [0.2, 0.25) is 0 Å². The minimum absolute atomic E-state index is 0.534. The van der Waals surface area contributed by atoms with Gasteiger partial charge < -0.3 is 20.1 Å². The lowest BCUT2D eigenvalue weighted by Crippen LogP contribution is -2.22. The van der Waals surface area contributed by atoms with Crippen LogP contribution in [0.3, 0.4) is 0 Å². The molecule has 0 bridgehead atoms. The fraction of sp³-hybridized carbons (Fsp3) is 0.455. The number of hydrogen-bond donors (Lipinski definition) is 2. The molecule has 7 heteroatoms. The third kappa shape index (κ3) is 4.98. The number of nitrogens with one attached hydrogen (secondary N) is 2. The van der Waals surface area contributed by atoms with Gasteiger partial charge in [-0.25, -0.2) is 4.98 Å². The van der Waals surface area contributed by atoms with E-state index in [0.717, 1.165) is 29.8 Å². The quantitative estimate of drug-likeness (QED) is 0.656. The second kappa shape index (κ2) is 8.69. The van der Waals surface area contributed by atoms with Crippen molar-refractivity contribution in [2.24, 2.45) is 5.92 Å². The van der Waals surface area contributed by atoms with Gasteiger partial charge in [0.05, 0.1) is 13.4 Å². The lowest BCUT2D eigenvalue weighted by atomic mass is 10.1. The molecule has 1 aliphatic heterocycles. The minimum Gasteiger partial charge on any atom is -0.493 e. The van der Waals surface area contributed by atoms with E-state index in [1.807, 2.05) is 38.2 Å². The summed E-state index contributed by atoms with van der Waals surface area (Å²) in [6.45, 7) is 4.28. The second-order valence-corrected chi connectivity index (χ2v) is 7.68. The summed E-state index contributed by atoms with van der Waals surface area (Å²) in [6, 6.07) is 8.43. The monoisotopic (exact) mass is 395 g/mol. The lowest BCUT2D eigenvalue weighted by molar-refractivity contribution is 0.321. The van der Waals surface area contributed by atoms with Gasteiger partial charge in [0, 0.05) is 43.1 Å². The van der Waals surface area contributed by atoms with Gasteiger partial charge in [-0.3, -0.25) is 4.90 Å². The number of anilines is 3. The Morgan fingerprint density at radius 3 is 2.76 bits per heavy atom. The van der Waals surface area contributed by atoms with E-state index in [9.17, 15) is 0 Å². The number of methoxy groups -OCH3 is 1. The molecule has 1 unspecified atom stereocenters. The van der Waals surface area contributed by atoms with Crippen LogP contribution in [0.4, 0.5) is 17.5 Å². The average Bonchev–Trinajstić information content (AvgIpc) is 3.46. The van der Waals surface area contributed by atoms with Gasteiger partial charge in [-0.1, -0.05) is 0 Å². The Morgan fingerprint density at radius 2 is 2.00 bits per heavy atom. The van der Waals surface area contributed by atoms with E-state index in [-0.39, 0.29) is 0 Å². The average molecular weight is 396 g/mol. The number of aryl methyl sites for hydroxylation is 1. The SMILES string of the molecule is CNc1cc(C)nc(Nc2ccc(OC)c(O/C=C/C3CCN(C4CC4)C3)c2)n1. The number of likely N-dealkylation sites (tertiary alicyclic amines) is 1. The smallest absolute Gasteiger partial charge is 0.229 e. The number of ether oxygens (including phenoxy) is 2. The van der Waals surface area contributed by atoms with Crippen LogP contribution in [0, 0.1) is 12.8 Å². The van der Waals surface area contributed by atoms with Gasteiger partial charge in [-0.2, -0.15) is 4.98 Å². The zero-order valence-corrected chi connectivity index (χ0v) is 17.3. The number of hydrogen-bond acceptors (Lipinski definition) is 7. The molecule has 1 aromatic heterocycles. The first-order valence-corrected chi connectivity index (χ1v) is 10.2. The zero-order valence-electron chi connectivity index (χ0n) is 17.3. The molecule has 2 heterocycles. The van der Waals surface area contributed by atoms with E-state index in [1.54, 1.807) is 13.4 Å². The highest BCUT2D eigenvalue weighted by Crippen LogP contribution is 2.33. The summed E-state index contributed by atoms with van der Waals surface area (Å²) < 4.78 is 11.4. The van der Waals surface area contributed by atoms with Crippen LogP contribution in [0.1, 0.15) is 25.0 Å². The molecular formula is C22H29N5O2. The van der Waals surface area contributed by atoms with E-state index in [0.29, 0.717) is 23.4 Å². The Balaban J connectivity index is 1.42. The molecule has 1 aromatic carbocycles. The summed E-state index contributed by atoms with van der Waals surface area (Å²) in [5.41, 5.74) is 1.72. The number of nitrogens with zero attached hydrogens (tertiary/aromatic N) is 3. The maximum absolute atomic E-state index is 5.93. The molecule has 2 aliphatic rings. The van der Waals surface area contributed by atoms with Gasteiger partial charge in [0.15, 0.2) is 11.5 Å². The first-order valence-electron chi connectivity index (χ1n) is 10.2. The molecule has 1 atom stereocenters. The van der Waals surface area contributed by atoms with Crippen molar-refractivity contribution in [2.45, 2.75) is 32.2 Å². The molecule has 2 aromatic rings. The van der Waals surface area contributed by atoms with Crippen LogP contribution in [-0.4, -0.2) is 48.2 Å². The van der Waals surface area contributed by atoms with Gasteiger partial charge in [-0.15, -0.1) is 0 Å². The van der Waals surface area contributed by atoms with E-state index in [2.05, 4.69) is 31.6 Å². The van der Waals surface area contributed by atoms with Crippen LogP contribution in [0.15, 0.2) is 36.6 Å². The summed E-state index contributed by atoms with van der Waals surface area (Å²) >= 11 is 0. The molecule has 4 rings (SSSR count). The molecule has 1 saturated heterocycles. The van der Waals surface area contributed by atoms with Crippen LogP contribution in [0.25, 0.3) is 0 Å². The van der Waals surface area contributed by atoms with Crippen LogP contribution in [0.5, 0.6) is 11.5 Å². The second-order valence-electron chi connectivity index (χ2n) is 7.68. The molecule has 1 aliphatic carbocycles. The number of rotatable bonds is 8. The summed E-state index contributed by atoms with van der Waals surface area (Å²) in [6.07, 6.45) is 7.90. The van der Waals surface area contributed by atoms with Gasteiger partial charge in [-0.05, 0) is 56.9 Å². The van der Waals surface area contributed by atoms with Crippen molar-refractivity contribution in [3.63, 3.8) is 0 Å². The van der Waals surface area contributed by atoms with Crippen molar-refractivity contribution in [2.75, 3.05) is 37.9 Å². The highest BCUT2D eigenvalue weighted by atomic mass is 16.5. The Bertz CT molecular complexity index is 882. The molecule has 7 nitrogen and oxygen atoms in total. The molecule has 2 fully saturated rings.